The Morgan fingerprint density at radius 1 is 1.17 bits per heavy atom. The van der Waals surface area contributed by atoms with Crippen LogP contribution in [0.5, 0.6) is 0 Å². The molecule has 6 heteroatoms. The summed E-state index contributed by atoms with van der Waals surface area (Å²) < 4.78 is 10.5. The van der Waals surface area contributed by atoms with Crippen LogP contribution >= 0.6 is 0 Å². The molecule has 1 aromatic rings. The summed E-state index contributed by atoms with van der Waals surface area (Å²) in [6, 6.07) is 8.83. The lowest BCUT2D eigenvalue weighted by Gasteiger charge is -2.20. The molecule has 0 fully saturated rings. The van der Waals surface area contributed by atoms with Gasteiger partial charge in [0, 0.05) is 13.5 Å². The van der Waals surface area contributed by atoms with Gasteiger partial charge in [0.2, 0.25) is 0 Å². The first-order valence-electron chi connectivity index (χ1n) is 7.43. The van der Waals surface area contributed by atoms with Gasteiger partial charge in [-0.2, -0.15) is 0 Å². The van der Waals surface area contributed by atoms with Crippen molar-refractivity contribution in [1.29, 1.82) is 0 Å². The van der Waals surface area contributed by atoms with Gasteiger partial charge in [-0.25, -0.2) is 4.79 Å². The Bertz CT molecular complexity index is 525. The summed E-state index contributed by atoms with van der Waals surface area (Å²) in [7, 11) is 1.39. The number of methoxy groups -OCH3 is 1. The largest absolute Gasteiger partial charge is 0.481 e. The molecule has 0 radical (unpaired) electrons. The molecular weight excluding hydrogens is 300 g/mol. The lowest BCUT2D eigenvalue weighted by molar-refractivity contribution is -0.164. The van der Waals surface area contributed by atoms with Crippen LogP contribution in [0.1, 0.15) is 44.3 Å². The van der Waals surface area contributed by atoms with Gasteiger partial charge in [0.25, 0.3) is 0 Å². The number of carboxylic acid groups (broad SMARTS) is 1. The van der Waals surface area contributed by atoms with Crippen LogP contribution in [0.2, 0.25) is 0 Å². The second-order valence-electron chi connectivity index (χ2n) is 5.28. The van der Waals surface area contributed by atoms with Crippen LogP contribution < -0.4 is 0 Å². The lowest BCUT2D eigenvalue weighted by atomic mass is 10.1. The number of rotatable bonds is 10. The molecule has 0 saturated heterocycles. The van der Waals surface area contributed by atoms with E-state index in [0.29, 0.717) is 24.8 Å². The first-order chi connectivity index (χ1) is 10.9. The number of carbonyl (C=O) groups excluding carboxylic acids is 2. The third kappa shape index (κ3) is 7.06. The van der Waals surface area contributed by atoms with Crippen molar-refractivity contribution in [1.82, 2.24) is 0 Å². The number of carbonyl (C=O) groups is 3. The summed E-state index contributed by atoms with van der Waals surface area (Å²) in [5.74, 6) is -1.67. The maximum atomic E-state index is 12.3. The van der Waals surface area contributed by atoms with E-state index in [2.05, 4.69) is 0 Å². The Morgan fingerprint density at radius 3 is 2.35 bits per heavy atom. The van der Waals surface area contributed by atoms with Crippen LogP contribution in [0.25, 0.3) is 0 Å². The summed E-state index contributed by atoms with van der Waals surface area (Å²) in [6.07, 6.45) is -0.845. The van der Waals surface area contributed by atoms with Gasteiger partial charge in [0.05, 0.1) is 6.42 Å². The van der Waals surface area contributed by atoms with Crippen LogP contribution in [-0.4, -0.2) is 36.0 Å². The number of Topliss-reactive ketones (excluding diaryl/α,β-unsaturated/α-hetero) is 1. The van der Waals surface area contributed by atoms with E-state index in [4.69, 9.17) is 14.6 Å². The topological polar surface area (TPSA) is 89.9 Å². The molecule has 0 spiro atoms. The van der Waals surface area contributed by atoms with Crippen LogP contribution in [0.15, 0.2) is 30.3 Å². The molecule has 0 amide bonds. The number of benzene rings is 1. The van der Waals surface area contributed by atoms with Gasteiger partial charge in [0.15, 0.2) is 6.10 Å². The predicted molar refractivity (Wildman–Crippen MR) is 82.9 cm³/mol. The van der Waals surface area contributed by atoms with Gasteiger partial charge in [-0.15, -0.1) is 0 Å². The van der Waals surface area contributed by atoms with Crippen molar-refractivity contribution < 1.29 is 29.0 Å². The highest BCUT2D eigenvalue weighted by molar-refractivity contribution is 5.77. The minimum Gasteiger partial charge on any atom is -0.481 e. The zero-order valence-corrected chi connectivity index (χ0v) is 13.4. The van der Waals surface area contributed by atoms with Crippen molar-refractivity contribution >= 4 is 17.7 Å². The minimum atomic E-state index is -1.06. The fourth-order valence-corrected chi connectivity index (χ4v) is 2.20. The summed E-state index contributed by atoms with van der Waals surface area (Å²) in [6.45, 7) is 1.47. The SMILES string of the molecule is COC(C(=O)OC(CCCC(C)=O)CC(=O)O)c1ccccc1. The van der Waals surface area contributed by atoms with Crippen LogP contribution in [-0.2, 0) is 23.9 Å². The van der Waals surface area contributed by atoms with Gasteiger partial charge in [-0.3, -0.25) is 4.79 Å². The second-order valence-corrected chi connectivity index (χ2v) is 5.28. The Hall–Kier alpha value is -2.21. The van der Waals surface area contributed by atoms with Crippen LogP contribution in [0, 0.1) is 0 Å². The monoisotopic (exact) mass is 322 g/mol. The second kappa shape index (κ2) is 9.74. The van der Waals surface area contributed by atoms with Crippen molar-refractivity contribution in [2.24, 2.45) is 0 Å². The van der Waals surface area contributed by atoms with Gasteiger partial charge in [0.1, 0.15) is 11.9 Å². The Balaban J connectivity index is 2.69. The number of aliphatic carboxylic acids is 1. The van der Waals surface area contributed by atoms with Crippen molar-refractivity contribution in [2.45, 2.75) is 44.8 Å². The van der Waals surface area contributed by atoms with Crippen molar-refractivity contribution in [2.75, 3.05) is 7.11 Å². The molecule has 0 aliphatic carbocycles. The Morgan fingerprint density at radius 2 is 1.83 bits per heavy atom. The zero-order chi connectivity index (χ0) is 17.2. The number of hydrogen-bond acceptors (Lipinski definition) is 5. The summed E-state index contributed by atoms with van der Waals surface area (Å²) in [4.78, 5) is 34.1. The lowest BCUT2D eigenvalue weighted by Crippen LogP contribution is -2.26. The predicted octanol–water partition coefficient (Wildman–Crippen LogP) is 2.52. The number of ether oxygens (including phenoxy) is 2. The van der Waals surface area contributed by atoms with Crippen LogP contribution in [0.3, 0.4) is 0 Å². The molecule has 0 saturated carbocycles. The quantitative estimate of drug-likeness (QED) is 0.666. The van der Waals surface area contributed by atoms with Crippen molar-refractivity contribution in [3.63, 3.8) is 0 Å². The third-order valence-electron chi connectivity index (χ3n) is 3.29. The van der Waals surface area contributed by atoms with Gasteiger partial charge in [-0.1, -0.05) is 30.3 Å². The average molecular weight is 322 g/mol. The highest BCUT2D eigenvalue weighted by Gasteiger charge is 2.26. The molecule has 6 nitrogen and oxygen atoms in total. The van der Waals surface area contributed by atoms with Gasteiger partial charge >= 0.3 is 11.9 Å². The molecule has 0 aliphatic rings. The van der Waals surface area contributed by atoms with E-state index in [-0.39, 0.29) is 12.2 Å². The van der Waals surface area contributed by atoms with Gasteiger partial charge < -0.3 is 19.4 Å². The first-order valence-corrected chi connectivity index (χ1v) is 7.43. The first kappa shape index (κ1) is 18.8. The molecule has 1 aromatic carbocycles. The van der Waals surface area contributed by atoms with E-state index in [0.717, 1.165) is 0 Å². The summed E-state index contributed by atoms with van der Waals surface area (Å²) in [5.41, 5.74) is 0.637. The standard InChI is InChI=1S/C17H22O6/c1-12(18)7-6-10-14(11-15(19)20)23-17(21)16(22-2)13-8-4-3-5-9-13/h3-5,8-9,14,16H,6-7,10-11H2,1-2H3,(H,19,20). The van der Waals surface area contributed by atoms with E-state index in [9.17, 15) is 14.4 Å². The zero-order valence-electron chi connectivity index (χ0n) is 13.4. The van der Waals surface area contributed by atoms with E-state index < -0.39 is 24.1 Å². The highest BCUT2D eigenvalue weighted by Crippen LogP contribution is 2.20. The third-order valence-corrected chi connectivity index (χ3v) is 3.29. The van der Waals surface area contributed by atoms with E-state index in [1.54, 1.807) is 24.3 Å². The number of ketones is 1. The van der Waals surface area contributed by atoms with Gasteiger partial charge in [-0.05, 0) is 25.3 Å². The fraction of sp³-hybridized carbons (Fsp3) is 0.471. The number of esters is 1. The normalized spacial score (nSPS) is 13.1. The molecule has 0 bridgehead atoms. The number of hydrogen-bond donors (Lipinski definition) is 1. The molecule has 0 aromatic heterocycles. The molecule has 0 heterocycles. The molecule has 126 valence electrons. The minimum absolute atomic E-state index is 0.0180. The molecule has 2 unspecified atom stereocenters. The van der Waals surface area contributed by atoms with Crippen LogP contribution in [0.4, 0.5) is 0 Å². The average Bonchev–Trinajstić information content (AvgIpc) is 2.48. The molecule has 0 aliphatic heterocycles. The van der Waals surface area contributed by atoms with E-state index >= 15 is 0 Å². The Kier molecular flexibility index (Phi) is 7.97. The van der Waals surface area contributed by atoms with E-state index in [1.165, 1.54) is 14.0 Å². The summed E-state index contributed by atoms with van der Waals surface area (Å²) in [5, 5.41) is 8.93. The van der Waals surface area contributed by atoms with Crippen molar-refractivity contribution in [3.05, 3.63) is 35.9 Å². The molecule has 23 heavy (non-hydrogen) atoms. The highest BCUT2D eigenvalue weighted by atomic mass is 16.6. The van der Waals surface area contributed by atoms with Crippen molar-refractivity contribution in [3.8, 4) is 0 Å². The maximum Gasteiger partial charge on any atom is 0.340 e. The molecule has 1 rings (SSSR count). The van der Waals surface area contributed by atoms with E-state index in [1.807, 2.05) is 6.07 Å². The molecular formula is C17H22O6. The maximum absolute atomic E-state index is 12.3. The number of carboxylic acids is 1. The fourth-order valence-electron chi connectivity index (χ4n) is 2.20. The smallest absolute Gasteiger partial charge is 0.340 e. The molecule has 2 atom stereocenters. The summed E-state index contributed by atoms with van der Waals surface area (Å²) >= 11 is 0. The molecule has 1 N–H and O–H groups in total. The Labute approximate surface area is 135 Å².